The Morgan fingerprint density at radius 2 is 1.06 bits per heavy atom. The van der Waals surface area contributed by atoms with Crippen LogP contribution in [0.2, 0.25) is 0 Å². The Hall–Kier alpha value is -2.96. The van der Waals surface area contributed by atoms with Crippen LogP contribution in [-0.2, 0) is 49.0 Å². The third-order valence-electron chi connectivity index (χ3n) is 4.63. The highest BCUT2D eigenvalue weighted by atomic mass is 32.2. The van der Waals surface area contributed by atoms with Crippen LogP contribution in [0.5, 0.6) is 0 Å². The summed E-state index contributed by atoms with van der Waals surface area (Å²) in [5, 5.41) is 13.5. The van der Waals surface area contributed by atoms with Gasteiger partial charge in [0.05, 0.1) is 25.7 Å². The summed E-state index contributed by atoms with van der Waals surface area (Å²) >= 11 is 0. The zero-order valence-electron chi connectivity index (χ0n) is 15.1. The lowest BCUT2D eigenvalue weighted by Gasteiger charge is -2.44. The molecule has 0 aliphatic carbocycles. The molecule has 0 aromatic carbocycles. The van der Waals surface area contributed by atoms with Crippen LogP contribution in [0.25, 0.3) is 0 Å². The average Bonchev–Trinajstić information content (AvgIpc) is 3.01. The number of aliphatic carboxylic acids is 2. The molecule has 2 unspecified atom stereocenters. The number of rotatable bonds is 8. The summed E-state index contributed by atoms with van der Waals surface area (Å²) in [5.74, 6) is -10.7. The highest BCUT2D eigenvalue weighted by Crippen LogP contribution is 2.39. The zero-order chi connectivity index (χ0) is 24.1. The molecular formula is C13H14N2O14S2. The van der Waals surface area contributed by atoms with E-state index in [-0.39, 0.29) is 9.80 Å². The second-order valence-corrected chi connectivity index (χ2v) is 9.87. The van der Waals surface area contributed by atoms with Gasteiger partial charge in [-0.05, 0) is 0 Å². The Bertz CT molecular complexity index is 1020. The first-order valence-corrected chi connectivity index (χ1v) is 11.0. The van der Waals surface area contributed by atoms with Crippen molar-refractivity contribution in [2.75, 3.05) is 0 Å². The predicted octanol–water partition coefficient (Wildman–Crippen LogP) is -3.34. The van der Waals surface area contributed by atoms with Crippen LogP contribution in [0.4, 0.5) is 0 Å². The summed E-state index contributed by atoms with van der Waals surface area (Å²) in [4.78, 5) is 72.4. The van der Waals surface area contributed by atoms with E-state index in [1.54, 1.807) is 0 Å². The third-order valence-corrected chi connectivity index (χ3v) is 6.81. The molecule has 0 bridgehead atoms. The van der Waals surface area contributed by atoms with Gasteiger partial charge in [-0.25, -0.2) is 0 Å². The quantitative estimate of drug-likeness (QED) is 0.193. The van der Waals surface area contributed by atoms with Crippen LogP contribution < -0.4 is 0 Å². The van der Waals surface area contributed by atoms with Crippen molar-refractivity contribution in [1.82, 2.24) is 9.80 Å². The van der Waals surface area contributed by atoms with E-state index in [2.05, 4.69) is 0 Å². The first kappa shape index (κ1) is 24.3. The number of carboxylic acids is 2. The summed E-state index contributed by atoms with van der Waals surface area (Å²) in [6.45, 7) is 0. The predicted molar refractivity (Wildman–Crippen MR) is 90.8 cm³/mol. The molecule has 0 aromatic rings. The Morgan fingerprint density at radius 3 is 1.26 bits per heavy atom. The van der Waals surface area contributed by atoms with Gasteiger partial charge in [0.25, 0.3) is 32.1 Å². The zero-order valence-corrected chi connectivity index (χ0v) is 16.7. The minimum absolute atomic E-state index is 0.254. The number of imide groups is 2. The molecule has 2 heterocycles. The first-order chi connectivity index (χ1) is 13.9. The Balaban J connectivity index is 2.79. The number of carboxylic acid groups (broad SMARTS) is 2. The monoisotopic (exact) mass is 486 g/mol. The lowest BCUT2D eigenvalue weighted by Crippen LogP contribution is -2.66. The molecule has 0 spiro atoms. The van der Waals surface area contributed by atoms with E-state index < -0.39 is 97.6 Å². The van der Waals surface area contributed by atoms with Gasteiger partial charge < -0.3 is 10.2 Å². The van der Waals surface area contributed by atoms with Crippen molar-refractivity contribution in [2.45, 2.75) is 41.8 Å². The Labute approximate surface area is 172 Å². The maximum atomic E-state index is 12.6. The molecular weight excluding hydrogens is 472 g/mol. The van der Waals surface area contributed by atoms with Gasteiger partial charge in [0.15, 0.2) is 16.2 Å². The van der Waals surface area contributed by atoms with Crippen molar-refractivity contribution in [3.05, 3.63) is 0 Å². The van der Waals surface area contributed by atoms with E-state index in [1.807, 2.05) is 0 Å². The van der Waals surface area contributed by atoms with Gasteiger partial charge in [-0.15, -0.1) is 0 Å². The number of likely N-dealkylation sites (tertiary alicyclic amines) is 2. The second-order valence-electron chi connectivity index (χ2n) is 6.67. The van der Waals surface area contributed by atoms with Crippen molar-refractivity contribution < 1.29 is 64.9 Å². The summed E-state index contributed by atoms with van der Waals surface area (Å²) in [5.41, 5.74) is -3.20. The molecule has 0 saturated carbocycles. The minimum atomic E-state index is -5.25. The number of hydrogen-bond donors (Lipinski definition) is 4. The van der Waals surface area contributed by atoms with Gasteiger partial charge in [-0.2, -0.15) is 16.8 Å². The lowest BCUT2D eigenvalue weighted by molar-refractivity contribution is -0.172. The van der Waals surface area contributed by atoms with Crippen LogP contribution >= 0.6 is 0 Å². The third kappa shape index (κ3) is 4.27. The average molecular weight is 486 g/mol. The smallest absolute Gasteiger partial charge is 0.307 e. The number of hydrogen-bond acceptors (Lipinski definition) is 10. The standard InChI is InChI=1S/C13H14N2O14S2/c16-7-1-5(30(24,25)26)11(22)14(7)13(3-9(18)19,4-10(20)21)15-8(17)2-6(12(15)23)31(27,28)29/h5-6H,1-4H2,(H,18,19)(H,20,21)(H,24,25,26)(H,27,28,29). The molecule has 2 aliphatic rings. The van der Waals surface area contributed by atoms with E-state index in [9.17, 15) is 55.8 Å². The van der Waals surface area contributed by atoms with E-state index in [4.69, 9.17) is 9.11 Å². The van der Waals surface area contributed by atoms with E-state index in [1.165, 1.54) is 0 Å². The molecule has 31 heavy (non-hydrogen) atoms. The van der Waals surface area contributed by atoms with Crippen LogP contribution in [0.3, 0.4) is 0 Å². The van der Waals surface area contributed by atoms with Gasteiger partial charge in [0, 0.05) is 0 Å². The lowest BCUT2D eigenvalue weighted by atomic mass is 9.96. The Kier molecular flexibility index (Phi) is 5.98. The largest absolute Gasteiger partial charge is 0.481 e. The molecule has 2 rings (SSSR count). The van der Waals surface area contributed by atoms with Gasteiger partial charge in [-0.1, -0.05) is 0 Å². The van der Waals surface area contributed by atoms with Gasteiger partial charge >= 0.3 is 11.9 Å². The topological polar surface area (TPSA) is 258 Å². The molecule has 0 aromatic heterocycles. The molecule has 2 saturated heterocycles. The van der Waals surface area contributed by atoms with Crippen molar-refractivity contribution in [3.63, 3.8) is 0 Å². The molecule has 2 aliphatic heterocycles. The van der Waals surface area contributed by atoms with Crippen molar-refractivity contribution >= 4 is 55.8 Å². The number of carbonyl (C=O) groups is 6. The minimum Gasteiger partial charge on any atom is -0.481 e. The van der Waals surface area contributed by atoms with E-state index >= 15 is 0 Å². The van der Waals surface area contributed by atoms with Crippen LogP contribution in [0.1, 0.15) is 25.7 Å². The maximum absolute atomic E-state index is 12.6. The Morgan fingerprint density at radius 1 is 0.774 bits per heavy atom. The van der Waals surface area contributed by atoms with Crippen molar-refractivity contribution in [2.24, 2.45) is 0 Å². The van der Waals surface area contributed by atoms with Crippen LogP contribution in [-0.4, -0.2) is 97.7 Å². The molecule has 16 nitrogen and oxygen atoms in total. The molecule has 2 atom stereocenters. The second kappa shape index (κ2) is 7.62. The highest BCUT2D eigenvalue weighted by Gasteiger charge is 2.64. The number of nitrogens with zero attached hydrogens (tertiary/aromatic N) is 2. The highest BCUT2D eigenvalue weighted by molar-refractivity contribution is 7.87. The first-order valence-electron chi connectivity index (χ1n) is 8.03. The summed E-state index contributed by atoms with van der Waals surface area (Å²) in [7, 11) is -10.5. The molecule has 18 heteroatoms. The maximum Gasteiger partial charge on any atom is 0.307 e. The SMILES string of the molecule is O=C(O)CC(CC(=O)O)(N1C(=O)CC(S(=O)(=O)O)C1=O)N1C(=O)CC(S(=O)(=O)O)C1=O. The number of amides is 4. The fourth-order valence-corrected chi connectivity index (χ4v) is 4.94. The summed E-state index contributed by atoms with van der Waals surface area (Å²) < 4.78 is 63.9. The molecule has 4 amide bonds. The van der Waals surface area contributed by atoms with E-state index in [0.717, 1.165) is 0 Å². The molecule has 0 radical (unpaired) electrons. The van der Waals surface area contributed by atoms with Crippen LogP contribution in [0.15, 0.2) is 0 Å². The molecule has 2 fully saturated rings. The fourth-order valence-electron chi connectivity index (χ4n) is 3.51. The molecule has 4 N–H and O–H groups in total. The normalized spacial score (nSPS) is 23.0. The van der Waals surface area contributed by atoms with Crippen molar-refractivity contribution in [1.29, 1.82) is 0 Å². The number of carbonyl (C=O) groups excluding carboxylic acids is 4. The fraction of sp³-hybridized carbons (Fsp3) is 0.538. The summed E-state index contributed by atoms with van der Waals surface area (Å²) in [6.07, 6.45) is -5.78. The summed E-state index contributed by atoms with van der Waals surface area (Å²) in [6, 6.07) is 0. The van der Waals surface area contributed by atoms with Crippen LogP contribution in [0, 0.1) is 0 Å². The van der Waals surface area contributed by atoms with Gasteiger partial charge in [0.1, 0.15) is 0 Å². The van der Waals surface area contributed by atoms with Crippen molar-refractivity contribution in [3.8, 4) is 0 Å². The molecule has 172 valence electrons. The van der Waals surface area contributed by atoms with Gasteiger partial charge in [0.2, 0.25) is 11.8 Å². The van der Waals surface area contributed by atoms with Gasteiger partial charge in [-0.3, -0.25) is 47.7 Å². The van der Waals surface area contributed by atoms with E-state index in [0.29, 0.717) is 0 Å².